The monoisotopic (exact) mass is 415 g/mol. The largest absolute Gasteiger partial charge is 0.506 e. The molecular formula is C18H16BClFN5O3. The lowest BCUT2D eigenvalue weighted by atomic mass is 9.93. The van der Waals surface area contributed by atoms with Crippen molar-refractivity contribution in [3.8, 4) is 23.0 Å². The summed E-state index contributed by atoms with van der Waals surface area (Å²) in [6, 6.07) is 4.47. The van der Waals surface area contributed by atoms with E-state index in [1.54, 1.807) is 24.9 Å². The molecular weight excluding hydrogens is 399 g/mol. The van der Waals surface area contributed by atoms with Crippen molar-refractivity contribution in [1.29, 1.82) is 0 Å². The van der Waals surface area contributed by atoms with E-state index in [1.807, 2.05) is 0 Å². The summed E-state index contributed by atoms with van der Waals surface area (Å²) in [6.45, 7) is 1.97. The molecule has 0 aliphatic carbocycles. The number of phenolic OH excluding ortho intramolecular Hbond substituents is 1. The van der Waals surface area contributed by atoms with E-state index in [2.05, 4.69) is 15.1 Å². The lowest BCUT2D eigenvalue weighted by molar-refractivity contribution is 0.122. The minimum Gasteiger partial charge on any atom is -0.506 e. The number of anilines is 1. The molecule has 0 radical (unpaired) electrons. The van der Waals surface area contributed by atoms with Crippen LogP contribution in [0.4, 0.5) is 10.2 Å². The van der Waals surface area contributed by atoms with Crippen LogP contribution in [0.25, 0.3) is 17.2 Å². The number of rotatable bonds is 3. The second-order valence-electron chi connectivity index (χ2n) is 6.56. The summed E-state index contributed by atoms with van der Waals surface area (Å²) in [7, 11) is 1.79. The van der Waals surface area contributed by atoms with Crippen LogP contribution in [0, 0.1) is 5.82 Å². The molecule has 1 aliphatic heterocycles. The van der Waals surface area contributed by atoms with Crippen molar-refractivity contribution < 1.29 is 14.2 Å². The highest BCUT2D eigenvalue weighted by molar-refractivity contribution is 6.37. The molecule has 0 spiro atoms. The molecule has 0 unspecified atom stereocenters. The fourth-order valence-electron chi connectivity index (χ4n) is 3.08. The number of morpholine rings is 1. The Labute approximate surface area is 171 Å². The first kappa shape index (κ1) is 19.3. The summed E-state index contributed by atoms with van der Waals surface area (Å²) in [5.74, 6) is -0.567. The number of nitrogens with zero attached hydrogens (tertiary/aromatic N) is 5. The Bertz CT molecular complexity index is 1140. The average molecular weight is 416 g/mol. The smallest absolute Gasteiger partial charge is 0.252 e. The number of ether oxygens (including phenoxy) is 1. The third-order valence-electron chi connectivity index (χ3n) is 4.50. The molecule has 0 atom stereocenters. The van der Waals surface area contributed by atoms with E-state index in [1.165, 1.54) is 16.9 Å². The van der Waals surface area contributed by atoms with Gasteiger partial charge in [-0.15, -0.1) is 0 Å². The summed E-state index contributed by atoms with van der Waals surface area (Å²) >= 11 is 6.03. The van der Waals surface area contributed by atoms with Crippen LogP contribution in [0.15, 0.2) is 35.4 Å². The van der Waals surface area contributed by atoms with Crippen molar-refractivity contribution in [2.75, 3.05) is 31.2 Å². The maximum atomic E-state index is 14.3. The number of halogens is 2. The van der Waals surface area contributed by atoms with E-state index < -0.39 is 11.2 Å². The van der Waals surface area contributed by atoms with Gasteiger partial charge in [0.15, 0.2) is 11.6 Å². The second-order valence-corrected chi connectivity index (χ2v) is 6.96. The van der Waals surface area contributed by atoms with Crippen molar-refractivity contribution in [3.05, 3.63) is 51.7 Å². The summed E-state index contributed by atoms with van der Waals surface area (Å²) in [6.07, 6.45) is 2.45. The van der Waals surface area contributed by atoms with Crippen LogP contribution in [-0.4, -0.2) is 59.0 Å². The predicted molar refractivity (Wildman–Crippen MR) is 109 cm³/mol. The Balaban J connectivity index is 1.80. The maximum Gasteiger partial charge on any atom is 0.252 e. The zero-order valence-electron chi connectivity index (χ0n) is 15.5. The van der Waals surface area contributed by atoms with E-state index in [-0.39, 0.29) is 33.8 Å². The molecule has 3 aromatic rings. The Hall–Kier alpha value is -2.98. The summed E-state index contributed by atoms with van der Waals surface area (Å²) in [5, 5.41) is 14.7. The predicted octanol–water partition coefficient (Wildman–Crippen LogP) is 0.283. The van der Waals surface area contributed by atoms with Gasteiger partial charge in [0.2, 0.25) is 5.43 Å². The van der Waals surface area contributed by atoms with Crippen molar-refractivity contribution in [2.45, 2.75) is 0 Å². The molecule has 2 aromatic heterocycles. The standard InChI is InChI=1S/C18H16BClFN5O3/c19-10-7-11(16(28)12(20)8-10)15-14(27)1-2-26(24-15)18-22-9-13(21)17(23-18)25-3-5-29-6-4-25/h1-2,7-9,28H,3-6,19H2. The fourth-order valence-corrected chi connectivity index (χ4v) is 3.35. The van der Waals surface area contributed by atoms with E-state index in [0.717, 1.165) is 11.7 Å². The minimum absolute atomic E-state index is 0.0172. The summed E-state index contributed by atoms with van der Waals surface area (Å²) < 4.78 is 20.8. The SMILES string of the molecule is Bc1cc(Cl)c(O)c(-c2nn(-c3ncc(F)c(N4CCOCC4)n3)ccc2=O)c1. The Morgan fingerprint density at radius 1 is 1.28 bits per heavy atom. The van der Waals surface area contributed by atoms with Gasteiger partial charge in [-0.1, -0.05) is 23.1 Å². The quantitative estimate of drug-likeness (QED) is 0.614. The lowest BCUT2D eigenvalue weighted by Crippen LogP contribution is -2.37. The Morgan fingerprint density at radius 3 is 2.79 bits per heavy atom. The number of hydrogen-bond acceptors (Lipinski definition) is 7. The molecule has 1 aromatic carbocycles. The van der Waals surface area contributed by atoms with Gasteiger partial charge in [-0.05, 0) is 6.07 Å². The molecule has 1 aliphatic rings. The molecule has 29 heavy (non-hydrogen) atoms. The van der Waals surface area contributed by atoms with Gasteiger partial charge in [-0.25, -0.2) is 14.1 Å². The molecule has 4 rings (SSSR count). The van der Waals surface area contributed by atoms with Crippen LogP contribution in [0.3, 0.4) is 0 Å². The van der Waals surface area contributed by atoms with E-state index >= 15 is 0 Å². The Morgan fingerprint density at radius 2 is 2.03 bits per heavy atom. The Kier molecular flexibility index (Phi) is 5.21. The zero-order chi connectivity index (χ0) is 20.5. The van der Waals surface area contributed by atoms with Gasteiger partial charge in [-0.3, -0.25) is 4.79 Å². The van der Waals surface area contributed by atoms with Gasteiger partial charge in [0, 0.05) is 30.9 Å². The highest BCUT2D eigenvalue weighted by Gasteiger charge is 2.19. The second kappa shape index (κ2) is 7.80. The van der Waals surface area contributed by atoms with Gasteiger partial charge >= 0.3 is 0 Å². The van der Waals surface area contributed by atoms with Crippen LogP contribution in [-0.2, 0) is 4.74 Å². The number of benzene rings is 1. The lowest BCUT2D eigenvalue weighted by Gasteiger charge is -2.28. The average Bonchev–Trinajstić information content (AvgIpc) is 2.72. The van der Waals surface area contributed by atoms with E-state index in [4.69, 9.17) is 16.3 Å². The molecule has 1 saturated heterocycles. The summed E-state index contributed by atoms with van der Waals surface area (Å²) in [5.41, 5.74) is 0.530. The van der Waals surface area contributed by atoms with Crippen LogP contribution >= 0.6 is 11.6 Å². The zero-order valence-corrected chi connectivity index (χ0v) is 16.2. The third kappa shape index (κ3) is 3.81. The van der Waals surface area contributed by atoms with E-state index in [0.29, 0.717) is 26.3 Å². The first-order valence-corrected chi connectivity index (χ1v) is 9.27. The van der Waals surface area contributed by atoms with Crippen LogP contribution in [0.5, 0.6) is 5.75 Å². The molecule has 0 amide bonds. The first-order chi connectivity index (χ1) is 13.9. The molecule has 1 N–H and O–H groups in total. The van der Waals surface area contributed by atoms with Gasteiger partial charge in [0.05, 0.1) is 24.4 Å². The van der Waals surface area contributed by atoms with Crippen molar-refractivity contribution in [3.63, 3.8) is 0 Å². The van der Waals surface area contributed by atoms with Gasteiger partial charge in [0.25, 0.3) is 5.95 Å². The van der Waals surface area contributed by atoms with Gasteiger partial charge in [-0.2, -0.15) is 10.1 Å². The first-order valence-electron chi connectivity index (χ1n) is 8.89. The number of hydrogen-bond donors (Lipinski definition) is 1. The molecule has 1 fully saturated rings. The van der Waals surface area contributed by atoms with Crippen molar-refractivity contribution in [2.24, 2.45) is 0 Å². The van der Waals surface area contributed by atoms with Gasteiger partial charge < -0.3 is 14.7 Å². The minimum atomic E-state index is -0.556. The van der Waals surface area contributed by atoms with Crippen LogP contribution < -0.4 is 15.8 Å². The molecule has 3 heterocycles. The van der Waals surface area contributed by atoms with Crippen molar-refractivity contribution in [1.82, 2.24) is 19.7 Å². The molecule has 148 valence electrons. The highest BCUT2D eigenvalue weighted by Crippen LogP contribution is 2.31. The van der Waals surface area contributed by atoms with Crippen LogP contribution in [0.1, 0.15) is 0 Å². The molecule has 0 bridgehead atoms. The van der Waals surface area contributed by atoms with E-state index in [9.17, 15) is 14.3 Å². The number of aromatic nitrogens is 4. The highest BCUT2D eigenvalue weighted by atomic mass is 35.5. The third-order valence-corrected chi connectivity index (χ3v) is 4.79. The summed E-state index contributed by atoms with van der Waals surface area (Å²) in [4.78, 5) is 22.4. The molecule has 11 heteroatoms. The number of phenols is 1. The molecule has 8 nitrogen and oxygen atoms in total. The van der Waals surface area contributed by atoms with Crippen molar-refractivity contribution >= 4 is 30.7 Å². The maximum absolute atomic E-state index is 14.3. The topological polar surface area (TPSA) is 93.4 Å². The normalized spacial score (nSPS) is 14.2. The number of aromatic hydroxyl groups is 1. The molecule has 0 saturated carbocycles. The van der Waals surface area contributed by atoms with Crippen LogP contribution in [0.2, 0.25) is 5.02 Å². The fraction of sp³-hybridized carbons (Fsp3) is 0.222. The van der Waals surface area contributed by atoms with Gasteiger partial charge in [0.1, 0.15) is 19.3 Å².